The fourth-order valence-electron chi connectivity index (χ4n) is 1.69. The third-order valence-corrected chi connectivity index (χ3v) is 3.00. The first-order valence-corrected chi connectivity index (χ1v) is 6.47. The molecule has 0 bridgehead atoms. The zero-order valence-electron chi connectivity index (χ0n) is 12.1. The first kappa shape index (κ1) is 15.1. The Balaban J connectivity index is 2.47. The summed E-state index contributed by atoms with van der Waals surface area (Å²) in [5.74, 6) is -0.165. The zero-order valence-corrected chi connectivity index (χ0v) is 12.1. The number of benzene rings is 1. The number of nitrogens with one attached hydrogen (secondary N) is 1. The molecule has 0 radical (unpaired) electrons. The minimum Gasteiger partial charge on any atom is -0.311 e. The lowest BCUT2D eigenvalue weighted by atomic mass is 10.1. The molecule has 0 amide bonds. The SMILES string of the molecule is CC(CNC(C)(C)C)N(C)Cc1cccc(F)c1. The maximum absolute atomic E-state index is 13.1. The molecule has 3 heteroatoms. The summed E-state index contributed by atoms with van der Waals surface area (Å²) in [4.78, 5) is 2.23. The lowest BCUT2D eigenvalue weighted by molar-refractivity contribution is 0.228. The first-order valence-electron chi connectivity index (χ1n) is 6.47. The molecule has 0 fully saturated rings. The largest absolute Gasteiger partial charge is 0.311 e. The predicted molar refractivity (Wildman–Crippen MR) is 75.1 cm³/mol. The normalized spacial score (nSPS) is 13.9. The quantitative estimate of drug-likeness (QED) is 0.866. The molecule has 1 N–H and O–H groups in total. The van der Waals surface area contributed by atoms with Crippen molar-refractivity contribution in [3.05, 3.63) is 35.6 Å². The van der Waals surface area contributed by atoms with Crippen LogP contribution < -0.4 is 5.32 Å². The number of hydrogen-bond donors (Lipinski definition) is 1. The molecule has 0 aliphatic heterocycles. The van der Waals surface area contributed by atoms with Gasteiger partial charge in [-0.15, -0.1) is 0 Å². The van der Waals surface area contributed by atoms with E-state index >= 15 is 0 Å². The van der Waals surface area contributed by atoms with Crippen LogP contribution in [0, 0.1) is 5.82 Å². The Hall–Kier alpha value is -0.930. The summed E-state index contributed by atoms with van der Waals surface area (Å²) in [6.07, 6.45) is 0. The second-order valence-corrected chi connectivity index (χ2v) is 6.02. The molecule has 0 saturated carbocycles. The first-order chi connectivity index (χ1) is 8.28. The molecule has 0 aliphatic carbocycles. The van der Waals surface area contributed by atoms with E-state index in [1.165, 1.54) is 6.07 Å². The minimum atomic E-state index is -0.165. The van der Waals surface area contributed by atoms with Gasteiger partial charge in [0.15, 0.2) is 0 Å². The third-order valence-electron chi connectivity index (χ3n) is 3.00. The van der Waals surface area contributed by atoms with Gasteiger partial charge in [-0.25, -0.2) is 4.39 Å². The summed E-state index contributed by atoms with van der Waals surface area (Å²) < 4.78 is 13.1. The molecule has 0 saturated heterocycles. The molecule has 0 spiro atoms. The van der Waals surface area contributed by atoms with E-state index in [0.29, 0.717) is 6.04 Å². The Kier molecular flexibility index (Phi) is 5.29. The number of halogens is 1. The smallest absolute Gasteiger partial charge is 0.123 e. The summed E-state index contributed by atoms with van der Waals surface area (Å²) in [6.45, 7) is 10.4. The third kappa shape index (κ3) is 5.61. The van der Waals surface area contributed by atoms with Gasteiger partial charge in [0.2, 0.25) is 0 Å². The van der Waals surface area contributed by atoms with Gasteiger partial charge in [-0.05, 0) is 52.4 Å². The molecule has 1 rings (SSSR count). The van der Waals surface area contributed by atoms with Gasteiger partial charge in [0.1, 0.15) is 5.82 Å². The van der Waals surface area contributed by atoms with Crippen LogP contribution in [-0.2, 0) is 6.54 Å². The summed E-state index contributed by atoms with van der Waals surface area (Å²) in [5, 5.41) is 3.48. The van der Waals surface area contributed by atoms with E-state index < -0.39 is 0 Å². The highest BCUT2D eigenvalue weighted by Gasteiger charge is 2.14. The van der Waals surface area contributed by atoms with Crippen LogP contribution in [0.5, 0.6) is 0 Å². The van der Waals surface area contributed by atoms with Gasteiger partial charge >= 0.3 is 0 Å². The fraction of sp³-hybridized carbons (Fsp3) is 0.600. The second-order valence-electron chi connectivity index (χ2n) is 6.02. The molecule has 18 heavy (non-hydrogen) atoms. The summed E-state index contributed by atoms with van der Waals surface area (Å²) in [6, 6.07) is 7.21. The standard InChI is InChI=1S/C15H25FN2/c1-12(10-17-15(2,3)4)18(5)11-13-7-6-8-14(16)9-13/h6-9,12,17H,10-11H2,1-5H3. The van der Waals surface area contributed by atoms with E-state index in [4.69, 9.17) is 0 Å². The summed E-state index contributed by atoms with van der Waals surface area (Å²) >= 11 is 0. The van der Waals surface area contributed by atoms with Crippen LogP contribution in [0.1, 0.15) is 33.3 Å². The molecular weight excluding hydrogens is 227 g/mol. The minimum absolute atomic E-state index is 0.133. The fourth-order valence-corrected chi connectivity index (χ4v) is 1.69. The van der Waals surface area contributed by atoms with Crippen molar-refractivity contribution in [2.24, 2.45) is 0 Å². The van der Waals surface area contributed by atoms with Crippen molar-refractivity contribution in [2.75, 3.05) is 13.6 Å². The van der Waals surface area contributed by atoms with Crippen LogP contribution in [0.4, 0.5) is 4.39 Å². The van der Waals surface area contributed by atoms with Crippen LogP contribution >= 0.6 is 0 Å². The molecule has 0 aliphatic rings. The van der Waals surface area contributed by atoms with E-state index in [2.05, 4.69) is 45.0 Å². The van der Waals surface area contributed by atoms with Crippen molar-refractivity contribution < 1.29 is 4.39 Å². The highest BCUT2D eigenvalue weighted by molar-refractivity contribution is 5.16. The molecule has 2 nitrogen and oxygen atoms in total. The van der Waals surface area contributed by atoms with Gasteiger partial charge in [-0.3, -0.25) is 4.90 Å². The van der Waals surface area contributed by atoms with Crippen LogP contribution in [0.15, 0.2) is 24.3 Å². The van der Waals surface area contributed by atoms with Gasteiger partial charge in [-0.2, -0.15) is 0 Å². The lowest BCUT2D eigenvalue weighted by Gasteiger charge is -2.29. The molecule has 102 valence electrons. The van der Waals surface area contributed by atoms with E-state index in [1.807, 2.05) is 6.07 Å². The number of hydrogen-bond acceptors (Lipinski definition) is 2. The van der Waals surface area contributed by atoms with Crippen molar-refractivity contribution in [3.63, 3.8) is 0 Å². The molecule has 1 unspecified atom stereocenters. The van der Waals surface area contributed by atoms with Gasteiger partial charge in [0.05, 0.1) is 0 Å². The van der Waals surface area contributed by atoms with Crippen molar-refractivity contribution in [3.8, 4) is 0 Å². The maximum Gasteiger partial charge on any atom is 0.123 e. The van der Waals surface area contributed by atoms with E-state index in [9.17, 15) is 4.39 Å². The highest BCUT2D eigenvalue weighted by Crippen LogP contribution is 2.09. The Morgan fingerprint density at radius 3 is 2.56 bits per heavy atom. The van der Waals surface area contributed by atoms with Gasteiger partial charge in [0, 0.05) is 24.7 Å². The molecule has 1 aromatic carbocycles. The number of rotatable bonds is 5. The number of nitrogens with zero attached hydrogens (tertiary/aromatic N) is 1. The average molecular weight is 252 g/mol. The molecule has 1 atom stereocenters. The van der Waals surface area contributed by atoms with Crippen molar-refractivity contribution in [2.45, 2.75) is 45.8 Å². The van der Waals surface area contributed by atoms with E-state index in [-0.39, 0.29) is 11.4 Å². The predicted octanol–water partition coefficient (Wildman–Crippen LogP) is 3.03. The molecular formula is C15H25FN2. The van der Waals surface area contributed by atoms with Gasteiger partial charge in [-0.1, -0.05) is 12.1 Å². The maximum atomic E-state index is 13.1. The Morgan fingerprint density at radius 2 is 2.00 bits per heavy atom. The Morgan fingerprint density at radius 1 is 1.33 bits per heavy atom. The Bertz CT molecular complexity index is 371. The highest BCUT2D eigenvalue weighted by atomic mass is 19.1. The average Bonchev–Trinajstić information content (AvgIpc) is 2.24. The lowest BCUT2D eigenvalue weighted by Crippen LogP contribution is -2.44. The van der Waals surface area contributed by atoms with Gasteiger partial charge < -0.3 is 5.32 Å². The number of likely N-dealkylation sites (N-methyl/N-ethyl adjacent to an activating group) is 1. The van der Waals surface area contributed by atoms with E-state index in [0.717, 1.165) is 18.7 Å². The van der Waals surface area contributed by atoms with Crippen molar-refractivity contribution >= 4 is 0 Å². The van der Waals surface area contributed by atoms with Crippen molar-refractivity contribution in [1.82, 2.24) is 10.2 Å². The second kappa shape index (κ2) is 6.30. The molecule has 0 aromatic heterocycles. The molecule has 1 aromatic rings. The topological polar surface area (TPSA) is 15.3 Å². The van der Waals surface area contributed by atoms with Gasteiger partial charge in [0.25, 0.3) is 0 Å². The van der Waals surface area contributed by atoms with Crippen LogP contribution in [0.3, 0.4) is 0 Å². The van der Waals surface area contributed by atoms with Crippen molar-refractivity contribution in [1.29, 1.82) is 0 Å². The monoisotopic (exact) mass is 252 g/mol. The summed E-state index contributed by atoms with van der Waals surface area (Å²) in [7, 11) is 2.07. The van der Waals surface area contributed by atoms with E-state index in [1.54, 1.807) is 12.1 Å². The Labute approximate surface area is 110 Å². The van der Waals surface area contributed by atoms with Crippen LogP contribution in [0.2, 0.25) is 0 Å². The van der Waals surface area contributed by atoms with Crippen LogP contribution in [-0.4, -0.2) is 30.1 Å². The summed E-state index contributed by atoms with van der Waals surface area (Å²) in [5.41, 5.74) is 1.15. The zero-order chi connectivity index (χ0) is 13.8. The molecule has 0 heterocycles. The van der Waals surface area contributed by atoms with Crippen LogP contribution in [0.25, 0.3) is 0 Å².